The summed E-state index contributed by atoms with van der Waals surface area (Å²) < 4.78 is 32.4. The average Bonchev–Trinajstić information content (AvgIpc) is 2.52. The summed E-state index contributed by atoms with van der Waals surface area (Å²) in [6.07, 6.45) is -0.0618. The fourth-order valence-electron chi connectivity index (χ4n) is 2.23. The number of alkyl halides is 1. The highest BCUT2D eigenvalue weighted by Crippen LogP contribution is 2.26. The molecular weight excluding hydrogens is 310 g/mol. The van der Waals surface area contributed by atoms with E-state index in [0.29, 0.717) is 5.75 Å². The van der Waals surface area contributed by atoms with Gasteiger partial charge in [-0.2, -0.15) is 0 Å². The number of halogens is 3. The van der Waals surface area contributed by atoms with E-state index < -0.39 is 23.0 Å². The van der Waals surface area contributed by atoms with Crippen LogP contribution in [0.1, 0.15) is 28.3 Å². The van der Waals surface area contributed by atoms with Crippen LogP contribution in [0, 0.1) is 11.6 Å². The normalized spacial score (nSPS) is 12.0. The summed E-state index contributed by atoms with van der Waals surface area (Å²) in [6, 6.07) is 10.4. The minimum absolute atomic E-state index is 0.0618. The van der Waals surface area contributed by atoms with E-state index in [2.05, 4.69) is 0 Å². The first kappa shape index (κ1) is 16.4. The quantitative estimate of drug-likeness (QED) is 0.575. The van der Waals surface area contributed by atoms with Crippen molar-refractivity contribution in [1.29, 1.82) is 0 Å². The fraction of sp³-hybridized carbons (Fsp3) is 0.235. The van der Waals surface area contributed by atoms with E-state index in [9.17, 15) is 13.6 Å². The molecular formula is C17H15ClF2O2. The number of ketones is 1. The first-order chi connectivity index (χ1) is 10.6. The number of hydrogen-bond donors (Lipinski definition) is 0. The van der Waals surface area contributed by atoms with Gasteiger partial charge in [0.1, 0.15) is 17.4 Å². The topological polar surface area (TPSA) is 26.3 Å². The number of hydrogen-bond acceptors (Lipinski definition) is 2. The van der Waals surface area contributed by atoms with E-state index in [1.807, 2.05) is 0 Å². The molecule has 0 spiro atoms. The first-order valence-corrected chi connectivity index (χ1v) is 7.27. The Kier molecular flexibility index (Phi) is 5.50. The molecule has 0 saturated heterocycles. The third-order valence-corrected chi connectivity index (χ3v) is 3.82. The van der Waals surface area contributed by atoms with Crippen molar-refractivity contribution in [2.24, 2.45) is 0 Å². The van der Waals surface area contributed by atoms with Crippen LogP contribution in [-0.4, -0.2) is 18.8 Å². The van der Waals surface area contributed by atoms with Crippen molar-refractivity contribution in [2.75, 3.05) is 13.0 Å². The van der Waals surface area contributed by atoms with E-state index in [1.54, 1.807) is 31.4 Å². The molecule has 0 aliphatic heterocycles. The number of methoxy groups -OCH3 is 1. The highest BCUT2D eigenvalue weighted by Gasteiger charge is 2.22. The lowest BCUT2D eigenvalue weighted by molar-refractivity contribution is 0.0967. The molecule has 0 heterocycles. The van der Waals surface area contributed by atoms with Crippen LogP contribution in [0.2, 0.25) is 0 Å². The summed E-state index contributed by atoms with van der Waals surface area (Å²) in [5, 5.41) is 0. The van der Waals surface area contributed by atoms with Crippen LogP contribution in [-0.2, 0) is 0 Å². The molecule has 2 nitrogen and oxygen atoms in total. The van der Waals surface area contributed by atoms with Crippen molar-refractivity contribution >= 4 is 17.4 Å². The largest absolute Gasteiger partial charge is 0.497 e. The highest BCUT2D eigenvalue weighted by atomic mass is 35.5. The van der Waals surface area contributed by atoms with Crippen LogP contribution in [0.3, 0.4) is 0 Å². The van der Waals surface area contributed by atoms with E-state index >= 15 is 0 Å². The second kappa shape index (κ2) is 7.36. The van der Waals surface area contributed by atoms with Crippen LogP contribution in [0.15, 0.2) is 42.5 Å². The smallest absolute Gasteiger partial charge is 0.169 e. The van der Waals surface area contributed by atoms with Gasteiger partial charge in [-0.1, -0.05) is 18.2 Å². The Balaban J connectivity index is 2.20. The molecule has 0 saturated carbocycles. The van der Waals surface area contributed by atoms with Crippen LogP contribution >= 0.6 is 11.6 Å². The molecule has 1 atom stereocenters. The molecule has 0 fully saturated rings. The maximum atomic E-state index is 13.6. The Morgan fingerprint density at radius 1 is 1.14 bits per heavy atom. The summed E-state index contributed by atoms with van der Waals surface area (Å²) in [4.78, 5) is 12.2. The van der Waals surface area contributed by atoms with Gasteiger partial charge in [-0.25, -0.2) is 8.78 Å². The van der Waals surface area contributed by atoms with Crippen LogP contribution in [0.4, 0.5) is 8.78 Å². The van der Waals surface area contributed by atoms with Gasteiger partial charge in [0.2, 0.25) is 0 Å². The number of carbonyl (C=O) groups is 1. The second-order valence-corrected chi connectivity index (χ2v) is 5.16. The minimum atomic E-state index is -0.854. The Morgan fingerprint density at radius 2 is 1.73 bits per heavy atom. The van der Waals surface area contributed by atoms with Crippen molar-refractivity contribution in [3.05, 3.63) is 65.2 Å². The van der Waals surface area contributed by atoms with Crippen molar-refractivity contribution in [2.45, 2.75) is 12.3 Å². The predicted molar refractivity (Wildman–Crippen MR) is 81.8 cm³/mol. The van der Waals surface area contributed by atoms with Crippen molar-refractivity contribution < 1.29 is 18.3 Å². The maximum Gasteiger partial charge on any atom is 0.169 e. The van der Waals surface area contributed by atoms with Gasteiger partial charge in [0.25, 0.3) is 0 Å². The molecule has 2 rings (SSSR count). The molecule has 0 aliphatic carbocycles. The molecule has 22 heavy (non-hydrogen) atoms. The summed E-state index contributed by atoms with van der Waals surface area (Å²) >= 11 is 5.92. The Morgan fingerprint density at radius 3 is 2.23 bits per heavy atom. The van der Waals surface area contributed by atoms with Gasteiger partial charge >= 0.3 is 0 Å². The van der Waals surface area contributed by atoms with Crippen LogP contribution in [0.25, 0.3) is 0 Å². The van der Waals surface area contributed by atoms with Gasteiger partial charge in [0, 0.05) is 18.2 Å². The van der Waals surface area contributed by atoms with Crippen molar-refractivity contribution in [3.8, 4) is 5.75 Å². The molecule has 5 heteroatoms. The predicted octanol–water partition coefficient (Wildman–Crippen LogP) is 4.57. The lowest BCUT2D eigenvalue weighted by atomic mass is 9.92. The minimum Gasteiger partial charge on any atom is -0.497 e. The van der Waals surface area contributed by atoms with E-state index in [-0.39, 0.29) is 18.2 Å². The van der Waals surface area contributed by atoms with Crippen LogP contribution < -0.4 is 4.74 Å². The second-order valence-electron chi connectivity index (χ2n) is 4.85. The number of Topliss-reactive ketones (excluding diaryl/α,β-unsaturated/α-hetero) is 1. The fourth-order valence-corrected chi connectivity index (χ4v) is 2.51. The van der Waals surface area contributed by atoms with Crippen molar-refractivity contribution in [1.82, 2.24) is 0 Å². The van der Waals surface area contributed by atoms with E-state index in [1.165, 1.54) is 6.07 Å². The van der Waals surface area contributed by atoms with Gasteiger partial charge in [-0.3, -0.25) is 4.79 Å². The van der Waals surface area contributed by atoms with E-state index in [4.69, 9.17) is 16.3 Å². The molecule has 116 valence electrons. The Bertz CT molecular complexity index is 636. The summed E-state index contributed by atoms with van der Waals surface area (Å²) in [7, 11) is 1.55. The third-order valence-electron chi connectivity index (χ3n) is 3.45. The SMILES string of the molecule is COc1ccc(C(CCl)CC(=O)c2c(F)cccc2F)cc1. The maximum absolute atomic E-state index is 13.6. The van der Waals surface area contributed by atoms with Gasteiger partial charge in [-0.05, 0) is 29.8 Å². The van der Waals surface area contributed by atoms with Gasteiger partial charge in [0.15, 0.2) is 5.78 Å². The highest BCUT2D eigenvalue weighted by molar-refractivity contribution is 6.18. The molecule has 2 aromatic rings. The van der Waals surface area contributed by atoms with Crippen molar-refractivity contribution in [3.63, 3.8) is 0 Å². The van der Waals surface area contributed by atoms with Gasteiger partial charge in [0.05, 0.1) is 12.7 Å². The zero-order valence-corrected chi connectivity index (χ0v) is 12.7. The number of benzene rings is 2. The molecule has 0 amide bonds. The summed E-state index contributed by atoms with van der Waals surface area (Å²) in [5.74, 6) is -1.77. The lowest BCUT2D eigenvalue weighted by Crippen LogP contribution is -2.12. The monoisotopic (exact) mass is 324 g/mol. The lowest BCUT2D eigenvalue weighted by Gasteiger charge is -2.14. The van der Waals surface area contributed by atoms with Gasteiger partial charge in [-0.15, -0.1) is 11.6 Å². The molecule has 0 N–H and O–H groups in total. The Hall–Kier alpha value is -1.94. The number of ether oxygens (including phenoxy) is 1. The molecule has 0 radical (unpaired) electrons. The van der Waals surface area contributed by atoms with Gasteiger partial charge < -0.3 is 4.74 Å². The third kappa shape index (κ3) is 3.63. The number of carbonyl (C=O) groups excluding carboxylic acids is 1. The van der Waals surface area contributed by atoms with Crippen LogP contribution in [0.5, 0.6) is 5.75 Å². The summed E-state index contributed by atoms with van der Waals surface area (Å²) in [6.45, 7) is 0. The Labute approximate surface area is 132 Å². The molecule has 0 aromatic heterocycles. The summed E-state index contributed by atoms with van der Waals surface area (Å²) in [5.41, 5.74) is 0.312. The number of rotatable bonds is 6. The molecule has 2 aromatic carbocycles. The first-order valence-electron chi connectivity index (χ1n) is 6.74. The zero-order chi connectivity index (χ0) is 16.1. The molecule has 0 aliphatic rings. The zero-order valence-electron chi connectivity index (χ0n) is 12.0. The molecule has 0 bridgehead atoms. The molecule has 1 unspecified atom stereocenters. The standard InChI is InChI=1S/C17H15ClF2O2/c1-22-13-7-5-11(6-8-13)12(10-18)9-16(21)17-14(19)3-2-4-15(17)20/h2-8,12H,9-10H2,1H3. The van der Waals surface area contributed by atoms with E-state index in [0.717, 1.165) is 17.7 Å². The average molecular weight is 325 g/mol.